The van der Waals surface area contributed by atoms with Crippen molar-refractivity contribution >= 4 is 34.6 Å². The van der Waals surface area contributed by atoms with Crippen LogP contribution in [0.2, 0.25) is 5.02 Å². The molecule has 0 aliphatic carbocycles. The average Bonchev–Trinajstić information content (AvgIpc) is 2.54. The van der Waals surface area contributed by atoms with E-state index in [1.54, 1.807) is 6.07 Å². The van der Waals surface area contributed by atoms with Crippen LogP contribution in [0.1, 0.15) is 5.56 Å². The first-order valence-corrected chi connectivity index (χ1v) is 7.79. The Morgan fingerprint density at radius 2 is 1.91 bits per heavy atom. The summed E-state index contributed by atoms with van der Waals surface area (Å²) in [4.78, 5) is 0. The highest BCUT2D eigenvalue weighted by Gasteiger charge is 2.12. The molecular weight excluding hydrogens is 339 g/mol. The molecule has 4 nitrogen and oxygen atoms in total. The lowest BCUT2D eigenvalue weighted by molar-refractivity contribution is 0.171. The maximum atomic E-state index is 13.0. The Hall–Kier alpha value is -2.05. The Bertz CT molecular complexity index is 742. The normalized spacial score (nSPS) is 12.6. The Labute approximate surface area is 143 Å². The topological polar surface area (TPSA) is 42.5 Å². The van der Waals surface area contributed by atoms with Gasteiger partial charge in [-0.05, 0) is 42.0 Å². The molecule has 0 amide bonds. The molecule has 0 unspecified atom stereocenters. The van der Waals surface area contributed by atoms with E-state index >= 15 is 0 Å². The predicted molar refractivity (Wildman–Crippen MR) is 91.9 cm³/mol. The van der Waals surface area contributed by atoms with Crippen LogP contribution in [-0.4, -0.2) is 18.3 Å². The highest BCUT2D eigenvalue weighted by Crippen LogP contribution is 2.32. The molecule has 0 fully saturated rings. The van der Waals surface area contributed by atoms with Crippen LogP contribution in [0.3, 0.4) is 0 Å². The summed E-state index contributed by atoms with van der Waals surface area (Å²) in [5.74, 6) is 1.04. The second kappa shape index (κ2) is 7.02. The zero-order valence-electron chi connectivity index (χ0n) is 12.1. The van der Waals surface area contributed by atoms with E-state index in [0.29, 0.717) is 35.6 Å². The van der Waals surface area contributed by atoms with Gasteiger partial charge in [-0.15, -0.1) is 0 Å². The number of benzene rings is 2. The molecule has 0 spiro atoms. The lowest BCUT2D eigenvalue weighted by atomic mass is 10.2. The van der Waals surface area contributed by atoms with E-state index in [0.717, 1.165) is 17.0 Å². The molecule has 0 aromatic heterocycles. The summed E-state index contributed by atoms with van der Waals surface area (Å²) in [6, 6.07) is 9.77. The van der Waals surface area contributed by atoms with Crippen LogP contribution < -0.4 is 20.1 Å². The van der Waals surface area contributed by atoms with Gasteiger partial charge in [0.25, 0.3) is 0 Å². The molecule has 0 saturated heterocycles. The van der Waals surface area contributed by atoms with E-state index in [2.05, 4.69) is 10.6 Å². The summed E-state index contributed by atoms with van der Waals surface area (Å²) in [7, 11) is 0. The molecule has 2 N–H and O–H groups in total. The molecule has 1 heterocycles. The number of rotatable bonds is 3. The predicted octanol–water partition coefficient (Wildman–Crippen LogP) is 3.74. The van der Waals surface area contributed by atoms with Crippen LogP contribution in [0.5, 0.6) is 11.5 Å². The number of thiocarbonyl (C=S) groups is 1. The second-order valence-electron chi connectivity index (χ2n) is 4.90. The van der Waals surface area contributed by atoms with E-state index in [1.807, 2.05) is 18.2 Å². The molecule has 1 aliphatic heterocycles. The molecule has 2 aromatic carbocycles. The van der Waals surface area contributed by atoms with Crippen molar-refractivity contribution in [3.63, 3.8) is 0 Å². The van der Waals surface area contributed by atoms with E-state index in [1.165, 1.54) is 12.1 Å². The highest BCUT2D eigenvalue weighted by molar-refractivity contribution is 7.80. The molecule has 2 aromatic rings. The van der Waals surface area contributed by atoms with Crippen molar-refractivity contribution in [2.75, 3.05) is 18.5 Å². The van der Waals surface area contributed by atoms with Crippen molar-refractivity contribution in [3.8, 4) is 11.5 Å². The van der Waals surface area contributed by atoms with Crippen molar-refractivity contribution in [2.45, 2.75) is 6.54 Å². The minimum absolute atomic E-state index is 0.361. The number of hydrogen-bond acceptors (Lipinski definition) is 3. The number of nitrogens with one attached hydrogen (secondary N) is 2. The fourth-order valence-electron chi connectivity index (χ4n) is 2.14. The van der Waals surface area contributed by atoms with Gasteiger partial charge in [-0.1, -0.05) is 17.7 Å². The van der Waals surface area contributed by atoms with Crippen LogP contribution in [0.4, 0.5) is 10.1 Å². The van der Waals surface area contributed by atoms with E-state index in [4.69, 9.17) is 33.3 Å². The van der Waals surface area contributed by atoms with Gasteiger partial charge in [0.05, 0.1) is 0 Å². The van der Waals surface area contributed by atoms with Crippen LogP contribution in [0, 0.1) is 5.82 Å². The largest absolute Gasteiger partial charge is 0.486 e. The van der Waals surface area contributed by atoms with Gasteiger partial charge in [0.1, 0.15) is 19.0 Å². The zero-order valence-corrected chi connectivity index (χ0v) is 13.6. The lowest BCUT2D eigenvalue weighted by Gasteiger charge is -2.19. The zero-order chi connectivity index (χ0) is 16.2. The number of anilines is 1. The first kappa shape index (κ1) is 15.8. The first-order chi connectivity index (χ1) is 11.1. The molecular formula is C16H14ClFN2O2S. The molecule has 7 heteroatoms. The molecule has 23 heavy (non-hydrogen) atoms. The lowest BCUT2D eigenvalue weighted by Crippen LogP contribution is -2.28. The van der Waals surface area contributed by atoms with Crippen LogP contribution >= 0.6 is 23.8 Å². The summed E-state index contributed by atoms with van der Waals surface area (Å²) < 4.78 is 24.0. The van der Waals surface area contributed by atoms with E-state index < -0.39 is 0 Å². The van der Waals surface area contributed by atoms with Crippen molar-refractivity contribution in [1.29, 1.82) is 0 Å². The van der Waals surface area contributed by atoms with Gasteiger partial charge in [0.2, 0.25) is 0 Å². The summed E-state index contributed by atoms with van der Waals surface area (Å²) in [5.41, 5.74) is 1.55. The molecule has 0 radical (unpaired) electrons. The van der Waals surface area contributed by atoms with Gasteiger partial charge in [-0.3, -0.25) is 0 Å². The first-order valence-electron chi connectivity index (χ1n) is 7.00. The molecule has 0 bridgehead atoms. The van der Waals surface area contributed by atoms with Crippen molar-refractivity contribution < 1.29 is 13.9 Å². The minimum atomic E-state index is -0.365. The minimum Gasteiger partial charge on any atom is -0.486 e. The Morgan fingerprint density at radius 3 is 2.70 bits per heavy atom. The van der Waals surface area contributed by atoms with Crippen molar-refractivity contribution in [1.82, 2.24) is 5.32 Å². The maximum absolute atomic E-state index is 13.0. The average molecular weight is 353 g/mol. The number of halogens is 2. The maximum Gasteiger partial charge on any atom is 0.171 e. The smallest absolute Gasteiger partial charge is 0.171 e. The van der Waals surface area contributed by atoms with Crippen molar-refractivity contribution in [2.24, 2.45) is 0 Å². The van der Waals surface area contributed by atoms with Gasteiger partial charge in [0.15, 0.2) is 16.6 Å². The van der Waals surface area contributed by atoms with E-state index in [9.17, 15) is 4.39 Å². The molecule has 120 valence electrons. The van der Waals surface area contributed by atoms with E-state index in [-0.39, 0.29) is 5.82 Å². The third kappa shape index (κ3) is 4.03. The highest BCUT2D eigenvalue weighted by atomic mass is 35.5. The monoisotopic (exact) mass is 352 g/mol. The fraction of sp³-hybridized carbons (Fsp3) is 0.188. The summed E-state index contributed by atoms with van der Waals surface area (Å²) in [6.07, 6.45) is 0. The third-order valence-corrected chi connectivity index (χ3v) is 3.85. The molecule has 3 rings (SSSR count). The van der Waals surface area contributed by atoms with Gasteiger partial charge in [0, 0.05) is 23.3 Å². The number of fused-ring (bicyclic) bond motifs is 1. The molecule has 0 atom stereocenters. The van der Waals surface area contributed by atoms with Gasteiger partial charge < -0.3 is 20.1 Å². The summed E-state index contributed by atoms with van der Waals surface area (Å²) >= 11 is 11.2. The quantitative estimate of drug-likeness (QED) is 0.824. The van der Waals surface area contributed by atoms with Crippen LogP contribution in [-0.2, 0) is 6.54 Å². The fourth-order valence-corrected chi connectivity index (χ4v) is 2.56. The number of ether oxygens (including phenoxy) is 2. The van der Waals surface area contributed by atoms with Gasteiger partial charge in [-0.2, -0.15) is 0 Å². The summed E-state index contributed by atoms with van der Waals surface area (Å²) in [5, 5.41) is 6.88. The summed E-state index contributed by atoms with van der Waals surface area (Å²) in [6.45, 7) is 1.48. The standard InChI is InChI=1S/C16H14ClFN2O2S/c17-13-7-11(18)2-1-10(13)9-19-16(23)20-12-3-4-14-15(8-12)22-6-5-21-14/h1-4,7-8H,5-6,9H2,(H2,19,20,23). The molecule has 0 saturated carbocycles. The van der Waals surface area contributed by atoms with Gasteiger partial charge >= 0.3 is 0 Å². The Balaban J connectivity index is 1.59. The second-order valence-corrected chi connectivity index (χ2v) is 5.72. The number of hydrogen-bond donors (Lipinski definition) is 2. The Morgan fingerprint density at radius 1 is 1.13 bits per heavy atom. The Kier molecular flexibility index (Phi) is 4.83. The molecule has 1 aliphatic rings. The van der Waals surface area contributed by atoms with Crippen LogP contribution in [0.25, 0.3) is 0 Å². The van der Waals surface area contributed by atoms with Gasteiger partial charge in [-0.25, -0.2) is 4.39 Å². The van der Waals surface area contributed by atoms with Crippen LogP contribution in [0.15, 0.2) is 36.4 Å². The van der Waals surface area contributed by atoms with Crippen molar-refractivity contribution in [3.05, 3.63) is 52.8 Å². The SMILES string of the molecule is Fc1ccc(CNC(=S)Nc2ccc3c(c2)OCCO3)c(Cl)c1. The third-order valence-electron chi connectivity index (χ3n) is 3.25.